The highest BCUT2D eigenvalue weighted by molar-refractivity contribution is 6.30. The molecule has 0 bridgehead atoms. The van der Waals surface area contributed by atoms with Gasteiger partial charge in [0.25, 0.3) is 0 Å². The third-order valence-corrected chi connectivity index (χ3v) is 8.13. The van der Waals surface area contributed by atoms with Gasteiger partial charge in [-0.25, -0.2) is 4.58 Å². The van der Waals surface area contributed by atoms with E-state index in [1.54, 1.807) is 0 Å². The van der Waals surface area contributed by atoms with Gasteiger partial charge in [-0.3, -0.25) is 0 Å². The molecule has 0 heterocycles. The van der Waals surface area contributed by atoms with Crippen LogP contribution >= 0.6 is 11.6 Å². The van der Waals surface area contributed by atoms with Gasteiger partial charge >= 0.3 is 0 Å². The van der Waals surface area contributed by atoms with Crippen molar-refractivity contribution in [1.82, 2.24) is 0 Å². The van der Waals surface area contributed by atoms with Gasteiger partial charge in [0.05, 0.1) is 0 Å². The fraction of sp³-hybridized carbons (Fsp3) is 0.486. The standard InChI is InChI=1S/C37H52ClN2/c1-7-11-22-39(23-12-8-2)35-20-18-32(26-29(35)5)37(31-16-15-17-34(38)28-31)33-19-21-36(30(6)27-33)40(24-13-9-3)25-14-10-4/h15-21,26-28H,7-14,22-25H2,1-6H3/q+1. The highest BCUT2D eigenvalue weighted by Crippen LogP contribution is 2.34. The van der Waals surface area contributed by atoms with E-state index >= 15 is 0 Å². The summed E-state index contributed by atoms with van der Waals surface area (Å²) in [7, 11) is 0. The summed E-state index contributed by atoms with van der Waals surface area (Å²) in [6.45, 7) is 18.1. The van der Waals surface area contributed by atoms with Crippen molar-refractivity contribution in [3.05, 3.63) is 93.6 Å². The molecule has 216 valence electrons. The molecule has 2 nitrogen and oxygen atoms in total. The average Bonchev–Trinajstić information content (AvgIpc) is 2.94. The summed E-state index contributed by atoms with van der Waals surface area (Å²) in [5, 5.41) is 0.771. The van der Waals surface area contributed by atoms with Crippen molar-refractivity contribution in [3.63, 3.8) is 0 Å². The first kappa shape index (κ1) is 31.9. The molecule has 0 N–H and O–H groups in total. The molecule has 0 saturated carbocycles. The van der Waals surface area contributed by atoms with Crippen LogP contribution in [0.1, 0.15) is 103 Å². The fourth-order valence-electron chi connectivity index (χ4n) is 5.58. The Labute approximate surface area is 250 Å². The monoisotopic (exact) mass is 559 g/mol. The van der Waals surface area contributed by atoms with E-state index in [9.17, 15) is 0 Å². The second kappa shape index (κ2) is 16.6. The van der Waals surface area contributed by atoms with Crippen molar-refractivity contribution >= 4 is 28.6 Å². The summed E-state index contributed by atoms with van der Waals surface area (Å²) in [5.74, 6) is 0. The number of aryl methyl sites for hydroxylation is 1. The summed E-state index contributed by atoms with van der Waals surface area (Å²) in [6.07, 6.45) is 16.8. The van der Waals surface area contributed by atoms with Gasteiger partial charge in [-0.1, -0.05) is 83.2 Å². The minimum absolute atomic E-state index is 0.771. The molecule has 0 unspecified atom stereocenters. The lowest BCUT2D eigenvalue weighted by Gasteiger charge is -2.27. The third-order valence-electron chi connectivity index (χ3n) is 7.89. The van der Waals surface area contributed by atoms with Gasteiger partial charge in [0.2, 0.25) is 5.71 Å². The zero-order chi connectivity index (χ0) is 28.9. The summed E-state index contributed by atoms with van der Waals surface area (Å²) in [4.78, 5) is 2.59. The number of benzene rings is 2. The minimum atomic E-state index is 0.771. The summed E-state index contributed by atoms with van der Waals surface area (Å²) in [6, 6.07) is 15.4. The van der Waals surface area contributed by atoms with Crippen LogP contribution in [0.2, 0.25) is 5.02 Å². The highest BCUT2D eigenvalue weighted by Gasteiger charge is 2.20. The zero-order valence-electron chi connectivity index (χ0n) is 26.0. The number of hydrogen-bond acceptors (Lipinski definition) is 1. The topological polar surface area (TPSA) is 6.25 Å². The molecule has 40 heavy (non-hydrogen) atoms. The zero-order valence-corrected chi connectivity index (χ0v) is 26.8. The number of anilines is 1. The Bertz CT molecular complexity index is 1210. The van der Waals surface area contributed by atoms with Gasteiger partial charge in [0.15, 0.2) is 0 Å². The molecule has 0 saturated heterocycles. The van der Waals surface area contributed by atoms with E-state index in [2.05, 4.69) is 106 Å². The molecule has 2 aromatic rings. The third kappa shape index (κ3) is 8.71. The number of hydrogen-bond donors (Lipinski definition) is 0. The quantitative estimate of drug-likeness (QED) is 0.197. The van der Waals surface area contributed by atoms with Crippen LogP contribution in [0.15, 0.2) is 71.8 Å². The molecule has 3 heteroatoms. The largest absolute Gasteiger partial charge is 0.371 e. The SMILES string of the molecule is CCCCN(CCCC)c1ccc(/C(=C2\C=CC(=[N+](CCCC)CCCC)C(C)=C2)c2cccc(Cl)c2)cc1C. The lowest BCUT2D eigenvalue weighted by atomic mass is 9.88. The van der Waals surface area contributed by atoms with Crippen LogP contribution in [0.25, 0.3) is 5.57 Å². The molecule has 0 fully saturated rings. The van der Waals surface area contributed by atoms with E-state index in [1.165, 1.54) is 90.6 Å². The summed E-state index contributed by atoms with van der Waals surface area (Å²) >= 11 is 6.53. The van der Waals surface area contributed by atoms with Gasteiger partial charge in [0, 0.05) is 48.3 Å². The predicted octanol–water partition coefficient (Wildman–Crippen LogP) is 10.4. The fourth-order valence-corrected chi connectivity index (χ4v) is 5.77. The summed E-state index contributed by atoms with van der Waals surface area (Å²) in [5.41, 5.74) is 10.3. The second-order valence-electron chi connectivity index (χ2n) is 11.3. The molecule has 0 amide bonds. The van der Waals surface area contributed by atoms with E-state index < -0.39 is 0 Å². The molecule has 0 radical (unpaired) electrons. The van der Waals surface area contributed by atoms with Crippen LogP contribution in [0.5, 0.6) is 0 Å². The molecule has 0 spiro atoms. The van der Waals surface area contributed by atoms with Crippen molar-refractivity contribution in [2.24, 2.45) is 0 Å². The van der Waals surface area contributed by atoms with Crippen LogP contribution in [0.4, 0.5) is 5.69 Å². The maximum Gasteiger partial charge on any atom is 0.202 e. The number of unbranched alkanes of at least 4 members (excludes halogenated alkanes) is 4. The molecule has 3 rings (SSSR count). The van der Waals surface area contributed by atoms with Gasteiger partial charge in [0.1, 0.15) is 13.1 Å². The van der Waals surface area contributed by atoms with Crippen LogP contribution in [-0.2, 0) is 0 Å². The van der Waals surface area contributed by atoms with E-state index in [0.717, 1.165) is 36.8 Å². The molecule has 1 aliphatic rings. The number of allylic oxidation sites excluding steroid dienone is 5. The van der Waals surface area contributed by atoms with Gasteiger partial charge in [-0.2, -0.15) is 0 Å². The molecule has 1 aliphatic carbocycles. The maximum atomic E-state index is 6.53. The Balaban J connectivity index is 2.11. The van der Waals surface area contributed by atoms with E-state index in [1.807, 2.05) is 6.07 Å². The number of rotatable bonds is 15. The Morgan fingerprint density at radius 3 is 1.93 bits per heavy atom. The Kier molecular flexibility index (Phi) is 13.3. The first-order chi connectivity index (χ1) is 19.4. The Morgan fingerprint density at radius 2 is 1.38 bits per heavy atom. The van der Waals surface area contributed by atoms with Crippen LogP contribution in [0, 0.1) is 6.92 Å². The van der Waals surface area contributed by atoms with Crippen molar-refractivity contribution < 1.29 is 4.58 Å². The smallest absolute Gasteiger partial charge is 0.202 e. The van der Waals surface area contributed by atoms with Crippen LogP contribution in [-0.4, -0.2) is 36.5 Å². The van der Waals surface area contributed by atoms with Crippen molar-refractivity contribution in [3.8, 4) is 0 Å². The van der Waals surface area contributed by atoms with Crippen molar-refractivity contribution in [1.29, 1.82) is 0 Å². The van der Waals surface area contributed by atoms with Crippen LogP contribution < -0.4 is 4.90 Å². The number of halogens is 1. The highest BCUT2D eigenvalue weighted by atomic mass is 35.5. The second-order valence-corrected chi connectivity index (χ2v) is 11.7. The van der Waals surface area contributed by atoms with E-state index in [-0.39, 0.29) is 0 Å². The molecule has 0 aliphatic heterocycles. The van der Waals surface area contributed by atoms with Crippen LogP contribution in [0.3, 0.4) is 0 Å². The van der Waals surface area contributed by atoms with E-state index in [0.29, 0.717) is 0 Å². The van der Waals surface area contributed by atoms with Gasteiger partial charge < -0.3 is 4.90 Å². The minimum Gasteiger partial charge on any atom is -0.371 e. The van der Waals surface area contributed by atoms with Gasteiger partial charge in [-0.15, -0.1) is 0 Å². The molecule has 0 atom stereocenters. The van der Waals surface area contributed by atoms with Crippen molar-refractivity contribution in [2.45, 2.75) is 92.9 Å². The lowest BCUT2D eigenvalue weighted by molar-refractivity contribution is -0.527. The predicted molar refractivity (Wildman–Crippen MR) is 178 cm³/mol. The lowest BCUT2D eigenvalue weighted by Crippen LogP contribution is -2.26. The molecule has 2 aromatic carbocycles. The number of nitrogens with zero attached hydrogens (tertiary/aromatic N) is 2. The molecule has 0 aromatic heterocycles. The Hall–Kier alpha value is -2.58. The van der Waals surface area contributed by atoms with Crippen molar-refractivity contribution in [2.75, 3.05) is 31.1 Å². The van der Waals surface area contributed by atoms with Gasteiger partial charge in [-0.05, 0) is 90.9 Å². The Morgan fingerprint density at radius 1 is 0.750 bits per heavy atom. The normalized spacial score (nSPS) is 14.4. The first-order valence-electron chi connectivity index (χ1n) is 15.8. The maximum absolute atomic E-state index is 6.53. The molecular weight excluding hydrogens is 508 g/mol. The average molecular weight is 560 g/mol. The first-order valence-corrected chi connectivity index (χ1v) is 16.2. The van der Waals surface area contributed by atoms with E-state index in [4.69, 9.17) is 11.6 Å². The molecular formula is C37H52ClN2+. The summed E-state index contributed by atoms with van der Waals surface area (Å²) < 4.78 is 2.59.